The minimum atomic E-state index is 0. The third-order valence-electron chi connectivity index (χ3n) is 9.18. The van der Waals surface area contributed by atoms with Crippen molar-refractivity contribution in [2.24, 2.45) is 0 Å². The molecule has 0 aliphatic carbocycles. The molecule has 0 N–H and O–H groups in total. The van der Waals surface area contributed by atoms with Gasteiger partial charge in [0.1, 0.15) is 5.75 Å². The fourth-order valence-corrected chi connectivity index (χ4v) is 6.84. The average molecular weight is 702 g/mol. The molecule has 2 aliphatic heterocycles. The van der Waals surface area contributed by atoms with Crippen LogP contribution in [-0.2, 0) is 16.8 Å². The van der Waals surface area contributed by atoms with E-state index >= 15 is 0 Å². The van der Waals surface area contributed by atoms with Crippen molar-refractivity contribution < 1.29 is 21.5 Å². The van der Waals surface area contributed by atoms with Crippen molar-refractivity contribution in [3.63, 3.8) is 0 Å². The van der Waals surface area contributed by atoms with E-state index in [1.807, 2.05) is 30.3 Å². The van der Waals surface area contributed by atoms with Crippen molar-refractivity contribution >= 4 is 46.4 Å². The Kier molecular flexibility index (Phi) is 8.54. The molecule has 7 aromatic rings. The van der Waals surface area contributed by atoms with Gasteiger partial charge in [0.2, 0.25) is 0 Å². The van der Waals surface area contributed by atoms with E-state index in [-0.39, 0.29) is 16.8 Å². The van der Waals surface area contributed by atoms with E-state index in [4.69, 9.17) is 24.7 Å². The summed E-state index contributed by atoms with van der Waals surface area (Å²) in [4.78, 5) is 21.3. The van der Waals surface area contributed by atoms with Gasteiger partial charge in [-0.3, -0.25) is 0 Å². The second-order valence-corrected chi connectivity index (χ2v) is 12.2. The molecule has 0 saturated heterocycles. The van der Waals surface area contributed by atoms with E-state index in [0.717, 1.165) is 95.1 Å². The molecule has 4 aromatic carbocycles. The second kappa shape index (κ2) is 13.6. The van der Waals surface area contributed by atoms with Gasteiger partial charge < -0.3 is 14.7 Å². The summed E-state index contributed by atoms with van der Waals surface area (Å²) in [6.07, 6.45) is 8.36. The molecule has 1 radical (unpaired) electrons. The largest absolute Gasteiger partial charge is 2.00 e. The van der Waals surface area contributed by atoms with Gasteiger partial charge in [0, 0.05) is 0 Å². The molecule has 5 nitrogen and oxygen atoms in total. The zero-order valence-corrected chi connectivity index (χ0v) is 28.7. The van der Waals surface area contributed by atoms with Gasteiger partial charge in [0.15, 0.2) is 0 Å². The van der Waals surface area contributed by atoms with Gasteiger partial charge in [0.25, 0.3) is 0 Å². The summed E-state index contributed by atoms with van der Waals surface area (Å²) < 4.78 is 5.50. The summed E-state index contributed by atoms with van der Waals surface area (Å²) in [5.74, 6) is 0.789. The molecule has 8 bridgehead atoms. The van der Waals surface area contributed by atoms with Crippen LogP contribution in [0, 0.1) is 0 Å². The van der Waals surface area contributed by atoms with Crippen molar-refractivity contribution in [1.29, 1.82) is 0 Å². The molecule has 0 saturated carbocycles. The second-order valence-electron chi connectivity index (χ2n) is 12.2. The molecule has 5 heterocycles. The first kappa shape index (κ1) is 32.0. The van der Waals surface area contributed by atoms with Gasteiger partial charge >= 0.3 is 16.8 Å². The number of nitrogens with zero attached hydrogens (tertiary/aromatic N) is 4. The molecular formula is C45H30CoN4O. The molecule has 245 valence electrons. The van der Waals surface area contributed by atoms with Gasteiger partial charge in [-0.25, -0.2) is 9.97 Å². The van der Waals surface area contributed by atoms with Crippen LogP contribution in [0.5, 0.6) is 5.75 Å². The first-order valence-electron chi connectivity index (χ1n) is 16.6. The number of benzene rings is 4. The zero-order chi connectivity index (χ0) is 33.4. The van der Waals surface area contributed by atoms with Crippen LogP contribution in [0.4, 0.5) is 0 Å². The van der Waals surface area contributed by atoms with E-state index in [1.54, 1.807) is 7.11 Å². The summed E-state index contributed by atoms with van der Waals surface area (Å²) >= 11 is 0. The fourth-order valence-electron chi connectivity index (χ4n) is 6.84. The summed E-state index contributed by atoms with van der Waals surface area (Å²) in [6, 6.07) is 47.6. The number of rotatable bonds is 5. The maximum atomic E-state index is 5.50. The Morgan fingerprint density at radius 3 is 0.961 bits per heavy atom. The molecule has 9 rings (SSSR count). The molecule has 0 unspecified atom stereocenters. The molecule has 0 spiro atoms. The molecule has 51 heavy (non-hydrogen) atoms. The van der Waals surface area contributed by atoms with E-state index in [0.29, 0.717) is 0 Å². The number of ether oxygens (including phenoxy) is 1. The number of aromatic nitrogens is 4. The Morgan fingerprint density at radius 2 is 0.667 bits per heavy atom. The van der Waals surface area contributed by atoms with Crippen molar-refractivity contribution in [1.82, 2.24) is 19.9 Å². The van der Waals surface area contributed by atoms with Crippen LogP contribution in [0.15, 0.2) is 140 Å². The molecule has 2 aliphatic rings. The van der Waals surface area contributed by atoms with Crippen LogP contribution in [-0.4, -0.2) is 17.1 Å². The Balaban J connectivity index is 0.00000374. The van der Waals surface area contributed by atoms with Crippen molar-refractivity contribution in [3.05, 3.63) is 162 Å². The topological polar surface area (TPSA) is 63.2 Å². The molecule has 0 atom stereocenters. The number of fused-ring (bicyclic) bond motifs is 8. The SMILES string of the molecule is COc1ccc(-c2c3nc(c(-c4ccccc4)c4ccc([n-]4)c(-c4ccccc4)c4nc(c(-c5ccccc5)c5ccc2[n-]5)C=C4)C=C3)cc1.[Co+2]. The molecule has 0 fully saturated rings. The molecular weight excluding hydrogens is 671 g/mol. The smallest absolute Gasteiger partial charge is 0.657 e. The predicted octanol–water partition coefficient (Wildman–Crippen LogP) is 10.6. The summed E-state index contributed by atoms with van der Waals surface area (Å²) in [7, 11) is 1.68. The summed E-state index contributed by atoms with van der Waals surface area (Å²) in [6.45, 7) is 0. The zero-order valence-electron chi connectivity index (χ0n) is 27.6. The van der Waals surface area contributed by atoms with E-state index in [2.05, 4.69) is 133 Å². The van der Waals surface area contributed by atoms with Crippen LogP contribution in [0.3, 0.4) is 0 Å². The van der Waals surface area contributed by atoms with Gasteiger partial charge in [0.05, 0.1) is 29.9 Å². The third-order valence-corrected chi connectivity index (χ3v) is 9.18. The van der Waals surface area contributed by atoms with Crippen LogP contribution in [0.2, 0.25) is 0 Å². The van der Waals surface area contributed by atoms with Gasteiger partial charge in [-0.05, 0) is 80.9 Å². The van der Waals surface area contributed by atoms with E-state index in [1.165, 1.54) is 0 Å². The minimum absolute atomic E-state index is 0. The van der Waals surface area contributed by atoms with Crippen LogP contribution >= 0.6 is 0 Å². The van der Waals surface area contributed by atoms with Crippen molar-refractivity contribution in [2.75, 3.05) is 7.11 Å². The first-order chi connectivity index (χ1) is 24.7. The van der Waals surface area contributed by atoms with E-state index in [9.17, 15) is 0 Å². The van der Waals surface area contributed by atoms with Crippen LogP contribution in [0.25, 0.3) is 90.9 Å². The summed E-state index contributed by atoms with van der Waals surface area (Å²) in [5.41, 5.74) is 14.7. The Morgan fingerprint density at radius 1 is 0.373 bits per heavy atom. The molecule has 3 aromatic heterocycles. The molecule has 0 amide bonds. The first-order valence-corrected chi connectivity index (χ1v) is 16.6. The quantitative estimate of drug-likeness (QED) is 0.179. The Bertz CT molecular complexity index is 2570. The third kappa shape index (κ3) is 5.91. The maximum absolute atomic E-state index is 5.50. The Hall–Kier alpha value is -6.21. The van der Waals surface area contributed by atoms with Crippen LogP contribution < -0.4 is 14.7 Å². The predicted molar refractivity (Wildman–Crippen MR) is 205 cm³/mol. The van der Waals surface area contributed by atoms with Crippen molar-refractivity contribution in [3.8, 4) is 50.3 Å². The average Bonchev–Trinajstić information content (AvgIpc) is 4.01. The van der Waals surface area contributed by atoms with Gasteiger partial charge in [-0.1, -0.05) is 127 Å². The standard InChI is InChI=1S/C45H30N4O.Co/c1-50-33-19-17-32(18-20-33)45-40-27-25-38(48-40)43(30-13-7-3-8-14-30)36-23-21-34(46-36)42(29-11-5-2-6-12-29)35-22-24-37(47-35)44(31-15-9-4-10-16-31)39-26-28-41(45)49-39;/h2-28H,1H3;/q-2;+2. The van der Waals surface area contributed by atoms with Gasteiger partial charge in [-0.15, -0.1) is 22.1 Å². The summed E-state index contributed by atoms with van der Waals surface area (Å²) in [5, 5.41) is 0. The van der Waals surface area contributed by atoms with E-state index < -0.39 is 0 Å². The number of methoxy groups -OCH3 is 1. The maximum Gasteiger partial charge on any atom is 2.00 e. The number of hydrogen-bond acceptors (Lipinski definition) is 3. The van der Waals surface area contributed by atoms with Gasteiger partial charge in [-0.2, -0.15) is 0 Å². The monoisotopic (exact) mass is 701 g/mol. The Labute approximate surface area is 306 Å². The van der Waals surface area contributed by atoms with Crippen molar-refractivity contribution in [2.45, 2.75) is 0 Å². The normalized spacial score (nSPS) is 11.7. The number of hydrogen-bond donors (Lipinski definition) is 0. The minimum Gasteiger partial charge on any atom is -0.657 e. The molecule has 6 heteroatoms. The van der Waals surface area contributed by atoms with Crippen LogP contribution in [0.1, 0.15) is 22.8 Å². The fraction of sp³-hybridized carbons (Fsp3) is 0.0222.